The maximum absolute atomic E-state index is 12.2. The Labute approximate surface area is 169 Å². The van der Waals surface area contributed by atoms with E-state index in [1.165, 1.54) is 18.4 Å². The number of piperazine rings is 1. The summed E-state index contributed by atoms with van der Waals surface area (Å²) in [5.41, 5.74) is 1.93. The van der Waals surface area contributed by atoms with Gasteiger partial charge in [-0.05, 0) is 76.4 Å². The highest BCUT2D eigenvalue weighted by atomic mass is 16.1. The van der Waals surface area contributed by atoms with Crippen LogP contribution in [0.4, 0.5) is 5.95 Å². The minimum atomic E-state index is 0.168. The third-order valence-corrected chi connectivity index (χ3v) is 7.12. The lowest BCUT2D eigenvalue weighted by Crippen LogP contribution is -2.56. The molecule has 2 bridgehead atoms. The maximum Gasteiger partial charge on any atom is 0.225 e. The summed E-state index contributed by atoms with van der Waals surface area (Å²) in [7, 11) is 0. The highest BCUT2D eigenvalue weighted by molar-refractivity contribution is 5.96. The Hall–Kier alpha value is -1.75. The van der Waals surface area contributed by atoms with Gasteiger partial charge in [0.05, 0.1) is 0 Å². The fourth-order valence-electron chi connectivity index (χ4n) is 5.40. The number of hydrogen-bond acceptors (Lipinski definition) is 5. The third-order valence-electron chi connectivity index (χ3n) is 7.12. The summed E-state index contributed by atoms with van der Waals surface area (Å²) in [6.07, 6.45) is 10.6. The monoisotopic (exact) mass is 382 g/mol. The van der Waals surface area contributed by atoms with Crippen LogP contribution in [0.15, 0.2) is 24.5 Å². The second-order valence-electron chi connectivity index (χ2n) is 9.35. The van der Waals surface area contributed by atoms with Gasteiger partial charge in [-0.1, -0.05) is 6.58 Å². The summed E-state index contributed by atoms with van der Waals surface area (Å²) in [6.45, 7) is 12.5. The van der Waals surface area contributed by atoms with Crippen molar-refractivity contribution in [3.05, 3.63) is 30.1 Å². The molecule has 2 unspecified atom stereocenters. The number of aromatic nitrogens is 2. The van der Waals surface area contributed by atoms with Gasteiger partial charge in [0, 0.05) is 49.5 Å². The number of likely N-dealkylation sites (tertiary alicyclic amines) is 1. The Morgan fingerprint density at radius 1 is 1.04 bits per heavy atom. The van der Waals surface area contributed by atoms with Gasteiger partial charge in [0.1, 0.15) is 0 Å². The maximum atomic E-state index is 12.2. The highest BCUT2D eigenvalue weighted by Gasteiger charge is 2.41. The van der Waals surface area contributed by atoms with Gasteiger partial charge < -0.3 is 4.90 Å². The van der Waals surface area contributed by atoms with Crippen LogP contribution in [-0.4, -0.2) is 51.9 Å². The number of carbonyl (C=O) groups excluding carboxylic acids is 1. The van der Waals surface area contributed by atoms with Gasteiger partial charge in [-0.15, -0.1) is 0 Å². The van der Waals surface area contributed by atoms with Crippen molar-refractivity contribution >= 4 is 11.7 Å². The Balaban J connectivity index is 1.39. The molecule has 0 amide bonds. The van der Waals surface area contributed by atoms with Gasteiger partial charge in [-0.25, -0.2) is 9.97 Å². The zero-order valence-electron chi connectivity index (χ0n) is 17.6. The minimum absolute atomic E-state index is 0.168. The summed E-state index contributed by atoms with van der Waals surface area (Å²) in [5.74, 6) is 1.81. The van der Waals surface area contributed by atoms with E-state index in [9.17, 15) is 4.79 Å². The predicted molar refractivity (Wildman–Crippen MR) is 113 cm³/mol. The number of Topliss-reactive ketones (excluding diaryl/α,β-unsaturated/α-hetero) is 1. The fourth-order valence-corrected chi connectivity index (χ4v) is 5.40. The Morgan fingerprint density at radius 2 is 1.61 bits per heavy atom. The van der Waals surface area contributed by atoms with Crippen LogP contribution in [-0.2, 0) is 4.79 Å². The molecule has 1 saturated carbocycles. The van der Waals surface area contributed by atoms with Crippen molar-refractivity contribution in [3.63, 3.8) is 0 Å². The standard InChI is InChI=1S/C23H34N4O/c1-15(2)22(28)18-7-5-17(6-8-18)19-11-24-23(25-12-19)27-20-9-10-21(27)14-26(13-20)16(3)4/h11-12,16-18,20-21H,1,5-10,13-14H2,2-4H3/t17-,18+,20?,21?. The summed E-state index contributed by atoms with van der Waals surface area (Å²) < 4.78 is 0. The van der Waals surface area contributed by atoms with Gasteiger partial charge in [0.2, 0.25) is 5.95 Å². The number of nitrogens with zero attached hydrogens (tertiary/aromatic N) is 4. The average Bonchev–Trinajstić information content (AvgIpc) is 2.96. The lowest BCUT2D eigenvalue weighted by atomic mass is 9.77. The summed E-state index contributed by atoms with van der Waals surface area (Å²) >= 11 is 0. The van der Waals surface area contributed by atoms with Crippen LogP contribution in [0.5, 0.6) is 0 Å². The van der Waals surface area contributed by atoms with Crippen LogP contribution in [0.3, 0.4) is 0 Å². The molecule has 5 nitrogen and oxygen atoms in total. The van der Waals surface area contributed by atoms with Crippen LogP contribution in [0.2, 0.25) is 0 Å². The minimum Gasteiger partial charge on any atom is -0.332 e. The molecule has 1 aliphatic carbocycles. The molecule has 3 fully saturated rings. The molecule has 0 N–H and O–H groups in total. The first kappa shape index (κ1) is 19.6. The van der Waals surface area contributed by atoms with Crippen LogP contribution in [0.25, 0.3) is 0 Å². The number of allylic oxidation sites excluding steroid dienone is 1. The molecule has 1 aromatic rings. The number of anilines is 1. The molecule has 3 heterocycles. The number of hydrogen-bond donors (Lipinski definition) is 0. The second-order valence-corrected chi connectivity index (χ2v) is 9.35. The average molecular weight is 383 g/mol. The van der Waals surface area contributed by atoms with Crippen molar-refractivity contribution in [1.82, 2.24) is 14.9 Å². The molecular weight excluding hydrogens is 348 g/mol. The molecule has 2 atom stereocenters. The van der Waals surface area contributed by atoms with Crippen molar-refractivity contribution in [2.45, 2.75) is 83.3 Å². The van der Waals surface area contributed by atoms with Crippen LogP contribution in [0.1, 0.15) is 70.8 Å². The Morgan fingerprint density at radius 3 is 2.11 bits per heavy atom. The van der Waals surface area contributed by atoms with E-state index in [-0.39, 0.29) is 11.7 Å². The van der Waals surface area contributed by atoms with Gasteiger partial charge in [0.15, 0.2) is 5.78 Å². The van der Waals surface area contributed by atoms with Crippen molar-refractivity contribution in [2.75, 3.05) is 18.0 Å². The normalized spacial score (nSPS) is 30.6. The molecule has 0 aromatic carbocycles. The molecule has 4 rings (SSSR count). The van der Waals surface area contributed by atoms with Gasteiger partial charge in [-0.2, -0.15) is 0 Å². The van der Waals surface area contributed by atoms with Gasteiger partial charge >= 0.3 is 0 Å². The highest BCUT2D eigenvalue weighted by Crippen LogP contribution is 2.38. The van der Waals surface area contributed by atoms with Crippen LogP contribution < -0.4 is 4.90 Å². The first-order valence-corrected chi connectivity index (χ1v) is 11.0. The van der Waals surface area contributed by atoms with E-state index in [1.54, 1.807) is 0 Å². The van der Waals surface area contributed by atoms with E-state index in [1.807, 2.05) is 19.3 Å². The number of rotatable bonds is 5. The van der Waals surface area contributed by atoms with E-state index in [0.717, 1.165) is 44.7 Å². The topological polar surface area (TPSA) is 49.3 Å². The van der Waals surface area contributed by atoms with E-state index < -0.39 is 0 Å². The summed E-state index contributed by atoms with van der Waals surface area (Å²) in [4.78, 5) is 26.8. The third kappa shape index (κ3) is 3.73. The van der Waals surface area contributed by atoms with Crippen molar-refractivity contribution in [2.24, 2.45) is 5.92 Å². The predicted octanol–water partition coefficient (Wildman–Crippen LogP) is 3.96. The van der Waals surface area contributed by atoms with Gasteiger partial charge in [0.25, 0.3) is 0 Å². The largest absolute Gasteiger partial charge is 0.332 e. The molecule has 0 spiro atoms. The number of fused-ring (bicyclic) bond motifs is 2. The molecule has 2 aliphatic heterocycles. The molecule has 3 aliphatic rings. The lowest BCUT2D eigenvalue weighted by molar-refractivity contribution is -0.120. The molecule has 1 aromatic heterocycles. The summed E-state index contributed by atoms with van der Waals surface area (Å²) in [5, 5.41) is 0. The number of carbonyl (C=O) groups is 1. The molecule has 152 valence electrons. The SMILES string of the molecule is C=C(C)C(=O)[C@H]1CC[C@@H](c2cnc(N3C4CCC3CN(C(C)C)C4)nc2)CC1. The molecule has 5 heteroatoms. The Bertz CT molecular complexity index is 707. The van der Waals surface area contributed by atoms with E-state index in [4.69, 9.17) is 9.97 Å². The second kappa shape index (κ2) is 7.94. The quantitative estimate of drug-likeness (QED) is 0.722. The first-order valence-electron chi connectivity index (χ1n) is 11.0. The zero-order chi connectivity index (χ0) is 19.8. The molecule has 2 saturated heterocycles. The van der Waals surface area contributed by atoms with Crippen molar-refractivity contribution in [1.29, 1.82) is 0 Å². The first-order chi connectivity index (χ1) is 13.4. The lowest BCUT2D eigenvalue weighted by Gasteiger charge is -2.42. The van der Waals surface area contributed by atoms with Crippen molar-refractivity contribution < 1.29 is 4.79 Å². The molecule has 0 radical (unpaired) electrons. The zero-order valence-corrected chi connectivity index (χ0v) is 17.6. The van der Waals surface area contributed by atoms with Crippen LogP contribution in [0, 0.1) is 5.92 Å². The van der Waals surface area contributed by atoms with Crippen LogP contribution >= 0.6 is 0 Å². The fraction of sp³-hybridized carbons (Fsp3) is 0.696. The van der Waals surface area contributed by atoms with E-state index >= 15 is 0 Å². The van der Waals surface area contributed by atoms with E-state index in [2.05, 4.69) is 30.2 Å². The molecular formula is C23H34N4O. The van der Waals surface area contributed by atoms with E-state index in [0.29, 0.717) is 29.6 Å². The number of ketones is 1. The van der Waals surface area contributed by atoms with Gasteiger partial charge in [-0.3, -0.25) is 9.69 Å². The Kier molecular flexibility index (Phi) is 5.55. The molecule has 28 heavy (non-hydrogen) atoms. The summed E-state index contributed by atoms with van der Waals surface area (Å²) in [6, 6.07) is 1.71. The smallest absolute Gasteiger partial charge is 0.225 e. The van der Waals surface area contributed by atoms with Crippen molar-refractivity contribution in [3.8, 4) is 0 Å².